The fourth-order valence-electron chi connectivity index (χ4n) is 2.98. The summed E-state index contributed by atoms with van der Waals surface area (Å²) in [5, 5.41) is 0. The summed E-state index contributed by atoms with van der Waals surface area (Å²) in [6.45, 7) is 10.1. The molecule has 0 saturated heterocycles. The molecule has 2 nitrogen and oxygen atoms in total. The van der Waals surface area contributed by atoms with E-state index < -0.39 is 0 Å². The smallest absolute Gasteiger partial charge is 0.0171 e. The predicted molar refractivity (Wildman–Crippen MR) is 91.3 cm³/mol. The normalized spacial score (nSPS) is 18.4. The maximum Gasteiger partial charge on any atom is 0.0171 e. The predicted octanol–water partition coefficient (Wildman–Crippen LogP) is 3.62. The van der Waals surface area contributed by atoms with Crippen molar-refractivity contribution in [1.82, 2.24) is 4.90 Å². The molecular weight excluding hydrogens is 256 g/mol. The quantitative estimate of drug-likeness (QED) is 0.838. The number of hydrogen-bond donors (Lipinski definition) is 1. The molecule has 1 aliphatic heterocycles. The first-order valence-corrected chi connectivity index (χ1v) is 8.16. The van der Waals surface area contributed by atoms with Crippen LogP contribution in [0, 0.1) is 5.41 Å². The molecule has 0 saturated carbocycles. The minimum Gasteiger partial charge on any atom is -0.327 e. The Balaban J connectivity index is 1.74. The van der Waals surface area contributed by atoms with Gasteiger partial charge in [0, 0.05) is 25.7 Å². The molecule has 0 fully saturated rings. The molecule has 116 valence electrons. The summed E-state index contributed by atoms with van der Waals surface area (Å²) in [6.07, 6.45) is 5.75. The van der Waals surface area contributed by atoms with Crippen molar-refractivity contribution in [1.29, 1.82) is 0 Å². The maximum absolute atomic E-state index is 6.31. The fourth-order valence-corrected chi connectivity index (χ4v) is 2.98. The Morgan fingerprint density at radius 2 is 1.90 bits per heavy atom. The van der Waals surface area contributed by atoms with Gasteiger partial charge >= 0.3 is 0 Å². The second-order valence-corrected chi connectivity index (χ2v) is 7.27. The molecule has 2 heteroatoms. The molecule has 2 N–H and O–H groups in total. The van der Waals surface area contributed by atoms with E-state index in [0.29, 0.717) is 5.41 Å². The van der Waals surface area contributed by atoms with E-state index in [2.05, 4.69) is 62.1 Å². The highest BCUT2D eigenvalue weighted by Gasteiger charge is 2.21. The van der Waals surface area contributed by atoms with E-state index in [1.165, 1.54) is 12.0 Å². The number of aryl methyl sites for hydroxylation is 1. The van der Waals surface area contributed by atoms with E-state index >= 15 is 0 Å². The van der Waals surface area contributed by atoms with E-state index in [4.69, 9.17) is 5.73 Å². The zero-order valence-corrected chi connectivity index (χ0v) is 13.8. The molecule has 21 heavy (non-hydrogen) atoms. The molecule has 0 aliphatic carbocycles. The SMILES string of the molecule is CC(C)(C)C1=CCN(CC(N)CCc2ccccc2)CC1. The maximum atomic E-state index is 6.31. The first-order chi connectivity index (χ1) is 9.95. The van der Waals surface area contributed by atoms with Crippen LogP contribution in [0.2, 0.25) is 0 Å². The highest BCUT2D eigenvalue weighted by atomic mass is 15.1. The average molecular weight is 286 g/mol. The van der Waals surface area contributed by atoms with Crippen molar-refractivity contribution < 1.29 is 0 Å². The van der Waals surface area contributed by atoms with Gasteiger partial charge in [0.1, 0.15) is 0 Å². The highest BCUT2D eigenvalue weighted by Crippen LogP contribution is 2.30. The third-order valence-electron chi connectivity index (χ3n) is 4.40. The monoisotopic (exact) mass is 286 g/mol. The van der Waals surface area contributed by atoms with E-state index in [1.54, 1.807) is 5.57 Å². The lowest BCUT2D eigenvalue weighted by Gasteiger charge is -2.33. The molecule has 0 aromatic heterocycles. The molecule has 1 aromatic rings. The summed E-state index contributed by atoms with van der Waals surface area (Å²) in [7, 11) is 0. The zero-order chi connectivity index (χ0) is 15.3. The Morgan fingerprint density at radius 1 is 1.19 bits per heavy atom. The van der Waals surface area contributed by atoms with Crippen LogP contribution >= 0.6 is 0 Å². The lowest BCUT2D eigenvalue weighted by Crippen LogP contribution is -2.40. The molecule has 0 radical (unpaired) electrons. The van der Waals surface area contributed by atoms with Gasteiger partial charge in [-0.05, 0) is 30.2 Å². The molecule has 1 aromatic carbocycles. The number of nitrogens with zero attached hydrogens (tertiary/aromatic N) is 1. The summed E-state index contributed by atoms with van der Waals surface area (Å²) in [5.41, 5.74) is 9.62. The van der Waals surface area contributed by atoms with Gasteiger partial charge in [-0.15, -0.1) is 0 Å². The van der Waals surface area contributed by atoms with Gasteiger partial charge in [0.15, 0.2) is 0 Å². The van der Waals surface area contributed by atoms with Crippen LogP contribution in [0.3, 0.4) is 0 Å². The minimum absolute atomic E-state index is 0.273. The molecule has 1 aliphatic rings. The van der Waals surface area contributed by atoms with Crippen LogP contribution in [0.25, 0.3) is 0 Å². The van der Waals surface area contributed by atoms with Gasteiger partial charge in [0.05, 0.1) is 0 Å². The van der Waals surface area contributed by atoms with Gasteiger partial charge in [-0.3, -0.25) is 4.90 Å². The molecule has 1 unspecified atom stereocenters. The standard InChI is InChI=1S/C19H30N2/c1-19(2,3)17-11-13-21(14-12-17)15-18(20)10-9-16-7-5-4-6-8-16/h4-8,11,18H,9-10,12-15,20H2,1-3H3. The van der Waals surface area contributed by atoms with Crippen LogP contribution in [0.15, 0.2) is 42.0 Å². The number of benzene rings is 1. The molecule has 1 atom stereocenters. The minimum atomic E-state index is 0.273. The van der Waals surface area contributed by atoms with Crippen LogP contribution < -0.4 is 5.73 Å². The fraction of sp³-hybridized carbons (Fsp3) is 0.579. The molecule has 0 spiro atoms. The van der Waals surface area contributed by atoms with Gasteiger partial charge in [-0.1, -0.05) is 62.8 Å². The Kier molecular flexibility index (Phi) is 5.60. The molecular formula is C19H30N2. The summed E-state index contributed by atoms with van der Waals surface area (Å²) >= 11 is 0. The van der Waals surface area contributed by atoms with E-state index in [-0.39, 0.29) is 6.04 Å². The third kappa shape index (κ3) is 5.29. The number of rotatable bonds is 5. The van der Waals surface area contributed by atoms with Crippen molar-refractivity contribution >= 4 is 0 Å². The first kappa shape index (κ1) is 16.3. The summed E-state index contributed by atoms with van der Waals surface area (Å²) in [6, 6.07) is 10.9. The molecule has 1 heterocycles. The van der Waals surface area contributed by atoms with Crippen LogP contribution in [-0.4, -0.2) is 30.6 Å². The van der Waals surface area contributed by atoms with Crippen molar-refractivity contribution in [3.05, 3.63) is 47.5 Å². The summed E-state index contributed by atoms with van der Waals surface area (Å²) in [5.74, 6) is 0. The highest BCUT2D eigenvalue weighted by molar-refractivity contribution is 5.15. The topological polar surface area (TPSA) is 29.3 Å². The second-order valence-electron chi connectivity index (χ2n) is 7.27. The Morgan fingerprint density at radius 3 is 2.48 bits per heavy atom. The van der Waals surface area contributed by atoms with Gasteiger partial charge in [0.2, 0.25) is 0 Å². The number of nitrogens with two attached hydrogens (primary N) is 1. The van der Waals surface area contributed by atoms with Gasteiger partial charge in [0.25, 0.3) is 0 Å². The zero-order valence-electron chi connectivity index (χ0n) is 13.8. The van der Waals surface area contributed by atoms with E-state index in [1.807, 2.05) is 0 Å². The molecule has 2 rings (SSSR count). The molecule has 0 amide bonds. The van der Waals surface area contributed by atoms with E-state index in [9.17, 15) is 0 Å². The van der Waals surface area contributed by atoms with E-state index in [0.717, 1.165) is 32.5 Å². The Hall–Kier alpha value is -1.12. The van der Waals surface area contributed by atoms with Gasteiger partial charge in [-0.25, -0.2) is 0 Å². The van der Waals surface area contributed by atoms with Crippen LogP contribution in [0.1, 0.15) is 39.2 Å². The summed E-state index contributed by atoms with van der Waals surface area (Å²) in [4.78, 5) is 2.49. The van der Waals surface area contributed by atoms with Gasteiger partial charge in [-0.2, -0.15) is 0 Å². The lowest BCUT2D eigenvalue weighted by atomic mass is 9.83. The van der Waals surface area contributed by atoms with Crippen molar-refractivity contribution in [3.63, 3.8) is 0 Å². The van der Waals surface area contributed by atoms with Crippen LogP contribution in [0.5, 0.6) is 0 Å². The largest absolute Gasteiger partial charge is 0.327 e. The Labute approximate surface area is 130 Å². The summed E-state index contributed by atoms with van der Waals surface area (Å²) < 4.78 is 0. The first-order valence-electron chi connectivity index (χ1n) is 8.16. The van der Waals surface area contributed by atoms with Crippen molar-refractivity contribution in [2.75, 3.05) is 19.6 Å². The lowest BCUT2D eigenvalue weighted by molar-refractivity contribution is 0.258. The van der Waals surface area contributed by atoms with Crippen molar-refractivity contribution in [3.8, 4) is 0 Å². The van der Waals surface area contributed by atoms with Crippen molar-refractivity contribution in [2.24, 2.45) is 11.1 Å². The van der Waals surface area contributed by atoms with Crippen LogP contribution in [-0.2, 0) is 6.42 Å². The molecule has 0 bridgehead atoms. The average Bonchev–Trinajstić information content (AvgIpc) is 2.46. The Bertz CT molecular complexity index is 456. The van der Waals surface area contributed by atoms with Crippen LogP contribution in [0.4, 0.5) is 0 Å². The van der Waals surface area contributed by atoms with Gasteiger partial charge < -0.3 is 5.73 Å². The number of hydrogen-bond acceptors (Lipinski definition) is 2. The second kappa shape index (κ2) is 7.24. The van der Waals surface area contributed by atoms with Crippen molar-refractivity contribution in [2.45, 2.75) is 46.1 Å². The third-order valence-corrected chi connectivity index (χ3v) is 4.40.